The van der Waals surface area contributed by atoms with Crippen molar-refractivity contribution in [1.29, 1.82) is 0 Å². The van der Waals surface area contributed by atoms with Crippen molar-refractivity contribution < 1.29 is 35.9 Å². The molecule has 1 aliphatic heterocycles. The molecule has 2 atom stereocenters. The van der Waals surface area contributed by atoms with E-state index >= 15 is 0 Å². The Labute approximate surface area is 210 Å². The number of hydrogen-bond donors (Lipinski definition) is 2. The largest absolute Gasteiger partial charge is 0.440 e. The zero-order chi connectivity index (χ0) is 25.8. The average molecular weight is 543 g/mol. The molecule has 5 rings (SSSR count). The minimum absolute atomic E-state index is 0.0650. The second kappa shape index (κ2) is 8.95. The van der Waals surface area contributed by atoms with Gasteiger partial charge in [-0.3, -0.25) is 4.79 Å². The second-order valence-corrected chi connectivity index (χ2v) is 12.1. The van der Waals surface area contributed by atoms with E-state index in [0.717, 1.165) is 25.3 Å². The fourth-order valence-electron chi connectivity index (χ4n) is 5.84. The van der Waals surface area contributed by atoms with Crippen LogP contribution in [0.15, 0.2) is 35.2 Å². The molecule has 36 heavy (non-hydrogen) atoms. The van der Waals surface area contributed by atoms with Crippen LogP contribution in [0.3, 0.4) is 0 Å². The maximum atomic E-state index is 13.7. The van der Waals surface area contributed by atoms with Crippen LogP contribution in [0.25, 0.3) is 0 Å². The highest BCUT2D eigenvalue weighted by atomic mass is 35.5. The van der Waals surface area contributed by atoms with Gasteiger partial charge in [0.2, 0.25) is 0 Å². The first-order valence-corrected chi connectivity index (χ1v) is 13.4. The molecule has 2 saturated carbocycles. The molecule has 1 saturated heterocycles. The molecule has 12 heteroatoms. The Kier molecular flexibility index (Phi) is 6.19. The van der Waals surface area contributed by atoms with Crippen molar-refractivity contribution in [2.45, 2.75) is 47.9 Å². The van der Waals surface area contributed by atoms with Crippen LogP contribution in [0, 0.1) is 29.3 Å². The maximum Gasteiger partial charge on any atom is 0.407 e. The van der Waals surface area contributed by atoms with Crippen molar-refractivity contribution in [2.75, 3.05) is 11.9 Å². The first-order valence-electron chi connectivity index (χ1n) is 11.5. The van der Waals surface area contributed by atoms with Crippen molar-refractivity contribution in [3.8, 4) is 0 Å². The fraction of sp³-hybridized carbons (Fsp3) is 0.417. The minimum atomic E-state index is -3.98. The number of alkyl carbamates (subject to hydrolysis) is 1. The monoisotopic (exact) mass is 542 g/mol. The molecule has 2 aliphatic carbocycles. The summed E-state index contributed by atoms with van der Waals surface area (Å²) in [5, 5.41) is 4.10. The molecule has 7 nitrogen and oxygen atoms in total. The predicted molar refractivity (Wildman–Crippen MR) is 124 cm³/mol. The van der Waals surface area contributed by atoms with Crippen molar-refractivity contribution in [3.05, 3.63) is 58.4 Å². The number of carbonyl (C=O) groups excluding carboxylic acids is 2. The Morgan fingerprint density at radius 1 is 1.08 bits per heavy atom. The third-order valence-electron chi connectivity index (χ3n) is 7.55. The number of carbonyl (C=O) groups is 2. The van der Waals surface area contributed by atoms with E-state index in [4.69, 9.17) is 16.3 Å². The quantitative estimate of drug-likeness (QED) is 0.538. The molecule has 0 radical (unpaired) electrons. The number of amides is 2. The van der Waals surface area contributed by atoms with Crippen molar-refractivity contribution in [1.82, 2.24) is 5.32 Å². The lowest BCUT2D eigenvalue weighted by molar-refractivity contribution is -0.0912. The molecular formula is C24H22ClF3N2O5S. The van der Waals surface area contributed by atoms with Gasteiger partial charge in [0.25, 0.3) is 5.91 Å². The molecule has 3 fully saturated rings. The molecule has 1 spiro atoms. The van der Waals surface area contributed by atoms with Crippen molar-refractivity contribution in [2.24, 2.45) is 11.8 Å². The van der Waals surface area contributed by atoms with Gasteiger partial charge in [-0.15, -0.1) is 0 Å². The molecule has 3 aliphatic rings. The van der Waals surface area contributed by atoms with E-state index in [2.05, 4.69) is 10.6 Å². The lowest BCUT2D eigenvalue weighted by Gasteiger charge is -2.50. The van der Waals surface area contributed by atoms with Gasteiger partial charge in [-0.05, 0) is 43.9 Å². The molecule has 1 heterocycles. The third-order valence-corrected chi connectivity index (χ3v) is 10.2. The number of sulfone groups is 1. The zero-order valence-corrected chi connectivity index (χ0v) is 20.4. The van der Waals surface area contributed by atoms with E-state index in [-0.39, 0.29) is 45.8 Å². The van der Waals surface area contributed by atoms with E-state index in [1.54, 1.807) is 0 Å². The summed E-state index contributed by atoms with van der Waals surface area (Å²) >= 11 is 6.25. The summed E-state index contributed by atoms with van der Waals surface area (Å²) < 4.78 is 73.3. The molecule has 2 aromatic rings. The predicted octanol–water partition coefficient (Wildman–Crippen LogP) is 4.84. The van der Waals surface area contributed by atoms with E-state index in [1.807, 2.05) is 0 Å². The Hall–Kier alpha value is -2.79. The summed E-state index contributed by atoms with van der Waals surface area (Å²) in [6.07, 6.45) is 2.47. The highest BCUT2D eigenvalue weighted by Gasteiger charge is 2.59. The van der Waals surface area contributed by atoms with Crippen LogP contribution in [-0.4, -0.2) is 37.8 Å². The first kappa shape index (κ1) is 24.9. The standard InChI is InChI=1S/C24H22ClF3N2O5S/c25-17-5-4-12(22(31)30-15-9-18(26)21(28)19(27)10-15)6-20(17)36(33,34)16-7-13-2-1-3-14(8-16)24(13)11-29-23(32)35-24/h4-6,9-10,13-14,16H,1-3,7-8,11H2,(H,29,32)(H,30,31). The van der Waals surface area contributed by atoms with E-state index in [1.165, 1.54) is 12.1 Å². The number of benzene rings is 2. The summed E-state index contributed by atoms with van der Waals surface area (Å²) in [7, 11) is -3.98. The number of halogens is 4. The smallest absolute Gasteiger partial charge is 0.407 e. The van der Waals surface area contributed by atoms with Crippen LogP contribution in [0.4, 0.5) is 23.7 Å². The van der Waals surface area contributed by atoms with Gasteiger partial charge in [0, 0.05) is 35.2 Å². The van der Waals surface area contributed by atoms with Gasteiger partial charge in [-0.25, -0.2) is 26.4 Å². The van der Waals surface area contributed by atoms with E-state index in [0.29, 0.717) is 18.7 Å². The Bertz CT molecular complexity index is 1330. The molecule has 2 amide bonds. The van der Waals surface area contributed by atoms with Gasteiger partial charge in [-0.1, -0.05) is 18.0 Å². The van der Waals surface area contributed by atoms with Crippen LogP contribution >= 0.6 is 11.6 Å². The number of hydrogen-bond acceptors (Lipinski definition) is 5. The summed E-state index contributed by atoms with van der Waals surface area (Å²) in [4.78, 5) is 24.3. The van der Waals surface area contributed by atoms with Crippen LogP contribution in [0.2, 0.25) is 5.02 Å². The van der Waals surface area contributed by atoms with Crippen LogP contribution < -0.4 is 10.6 Å². The molecule has 0 aromatic heterocycles. The van der Waals surface area contributed by atoms with Gasteiger partial charge in [-0.2, -0.15) is 0 Å². The summed E-state index contributed by atoms with van der Waals surface area (Å²) in [5.41, 5.74) is -1.14. The number of nitrogens with one attached hydrogen (secondary N) is 2. The van der Waals surface area contributed by atoms with Crippen molar-refractivity contribution >= 4 is 39.1 Å². The minimum Gasteiger partial charge on any atom is -0.440 e. The second-order valence-electron chi connectivity index (χ2n) is 9.51. The van der Waals surface area contributed by atoms with Gasteiger partial charge >= 0.3 is 6.09 Å². The SMILES string of the molecule is O=C1NCC2(O1)C1CCCC2CC(S(=O)(=O)c2cc(C(=O)Nc3cc(F)c(F)c(F)c3)ccc2Cl)C1. The molecule has 2 bridgehead atoms. The Morgan fingerprint density at radius 2 is 1.72 bits per heavy atom. The van der Waals surface area contributed by atoms with Crippen LogP contribution in [0.5, 0.6) is 0 Å². The zero-order valence-electron chi connectivity index (χ0n) is 18.8. The molecule has 2 N–H and O–H groups in total. The van der Waals surface area contributed by atoms with Gasteiger partial charge in [0.1, 0.15) is 5.60 Å². The maximum absolute atomic E-state index is 13.7. The number of ether oxygens (including phenoxy) is 1. The average Bonchev–Trinajstić information content (AvgIpc) is 3.18. The topological polar surface area (TPSA) is 102 Å². The normalized spacial score (nSPS) is 27.4. The van der Waals surface area contributed by atoms with Gasteiger partial charge in [0.15, 0.2) is 27.3 Å². The molecule has 2 unspecified atom stereocenters. The summed E-state index contributed by atoms with van der Waals surface area (Å²) in [5.74, 6) is -5.73. The lowest BCUT2D eigenvalue weighted by atomic mass is 9.61. The van der Waals surface area contributed by atoms with Gasteiger partial charge < -0.3 is 15.4 Å². The highest BCUT2D eigenvalue weighted by Crippen LogP contribution is 2.52. The molecular weight excluding hydrogens is 521 g/mol. The van der Waals surface area contributed by atoms with Gasteiger partial charge in [0.05, 0.1) is 21.7 Å². The number of rotatable bonds is 4. The van der Waals surface area contributed by atoms with E-state index < -0.39 is 50.1 Å². The van der Waals surface area contributed by atoms with Crippen LogP contribution in [0.1, 0.15) is 42.5 Å². The molecule has 192 valence electrons. The fourth-order valence-corrected chi connectivity index (χ4v) is 8.24. The Balaban J connectivity index is 1.41. The first-order chi connectivity index (χ1) is 17.0. The van der Waals surface area contributed by atoms with E-state index in [9.17, 15) is 31.2 Å². The summed E-state index contributed by atoms with van der Waals surface area (Å²) in [6, 6.07) is 4.90. The molecule has 2 aromatic carbocycles. The highest BCUT2D eigenvalue weighted by molar-refractivity contribution is 7.92. The third kappa shape index (κ3) is 4.11. The Morgan fingerprint density at radius 3 is 2.31 bits per heavy atom. The lowest BCUT2D eigenvalue weighted by Crippen LogP contribution is -2.57. The van der Waals surface area contributed by atoms with Crippen molar-refractivity contribution in [3.63, 3.8) is 0 Å². The number of anilines is 1. The van der Waals surface area contributed by atoms with Crippen LogP contribution in [-0.2, 0) is 14.6 Å². The summed E-state index contributed by atoms with van der Waals surface area (Å²) in [6.45, 7) is 0.356.